The minimum Gasteiger partial charge on any atom is -0.481 e. The van der Waals surface area contributed by atoms with Crippen LogP contribution in [0.4, 0.5) is 0 Å². The number of rotatable bonds is 15. The molecule has 188 valence electrons. The molecule has 14 nitrogen and oxygen atoms in total. The molecule has 0 radical (unpaired) electrons. The Morgan fingerprint density at radius 3 is 1.94 bits per heavy atom. The lowest BCUT2D eigenvalue weighted by atomic mass is 10.0. The quantitative estimate of drug-likeness (QED) is 0.0701. The Balaban J connectivity index is 5.03. The van der Waals surface area contributed by atoms with Crippen molar-refractivity contribution in [2.45, 2.75) is 70.6 Å². The summed E-state index contributed by atoms with van der Waals surface area (Å²) >= 11 is 0. The van der Waals surface area contributed by atoms with E-state index in [-0.39, 0.29) is 31.3 Å². The molecule has 0 aromatic carbocycles. The molecule has 4 unspecified atom stereocenters. The van der Waals surface area contributed by atoms with E-state index in [2.05, 4.69) is 20.9 Å². The van der Waals surface area contributed by atoms with Crippen LogP contribution in [0.2, 0.25) is 0 Å². The maximum atomic E-state index is 12.7. The molecule has 0 fully saturated rings. The molecule has 0 aliphatic carbocycles. The number of guanidine groups is 1. The third-order valence-corrected chi connectivity index (χ3v) is 4.38. The number of amides is 3. The number of nitrogens with one attached hydrogen (secondary N) is 3. The number of carboxylic acid groups (broad SMARTS) is 2. The molecule has 3 amide bonds. The molecular weight excluding hydrogens is 438 g/mol. The van der Waals surface area contributed by atoms with Gasteiger partial charge in [0, 0.05) is 6.54 Å². The highest BCUT2D eigenvalue weighted by Crippen LogP contribution is 2.07. The maximum Gasteiger partial charge on any atom is 0.326 e. The average molecular weight is 474 g/mol. The van der Waals surface area contributed by atoms with Gasteiger partial charge in [0.15, 0.2) is 5.96 Å². The molecular formula is C19H35N7O7. The first-order valence-electron chi connectivity index (χ1n) is 10.4. The van der Waals surface area contributed by atoms with Crippen molar-refractivity contribution in [2.75, 3.05) is 6.54 Å². The van der Waals surface area contributed by atoms with Crippen molar-refractivity contribution in [3.8, 4) is 0 Å². The zero-order chi connectivity index (χ0) is 25.7. The Labute approximate surface area is 191 Å². The summed E-state index contributed by atoms with van der Waals surface area (Å²) in [5.74, 6) is -4.93. The topological polar surface area (TPSA) is 252 Å². The number of aliphatic carboxylic acids is 2. The van der Waals surface area contributed by atoms with Crippen molar-refractivity contribution < 1.29 is 34.2 Å². The van der Waals surface area contributed by atoms with E-state index in [1.807, 2.05) is 0 Å². The van der Waals surface area contributed by atoms with Gasteiger partial charge in [0.05, 0.1) is 12.5 Å². The van der Waals surface area contributed by atoms with E-state index in [0.717, 1.165) is 0 Å². The normalized spacial score (nSPS) is 14.3. The molecule has 0 rings (SSSR count). The second-order valence-corrected chi connectivity index (χ2v) is 7.97. The lowest BCUT2D eigenvalue weighted by Gasteiger charge is -2.24. The lowest BCUT2D eigenvalue weighted by molar-refractivity contribution is -0.142. The number of aliphatic imine (C=N–C) groups is 1. The van der Waals surface area contributed by atoms with Crippen molar-refractivity contribution in [3.05, 3.63) is 0 Å². The number of nitrogens with zero attached hydrogens (tertiary/aromatic N) is 1. The SMILES string of the molecule is CC(C)CC(NC(=O)C(N)CC(=O)O)C(=O)NC(C)C(=O)NC(CCCN=C(N)N)C(=O)O. The number of carboxylic acids is 2. The molecule has 0 saturated carbocycles. The van der Waals surface area contributed by atoms with Crippen LogP contribution in [-0.4, -0.2) is 76.5 Å². The Hall–Kier alpha value is -3.42. The van der Waals surface area contributed by atoms with Gasteiger partial charge in [-0.25, -0.2) is 4.79 Å². The fourth-order valence-corrected chi connectivity index (χ4v) is 2.70. The smallest absolute Gasteiger partial charge is 0.326 e. The molecule has 0 spiro atoms. The van der Waals surface area contributed by atoms with Gasteiger partial charge < -0.3 is 43.4 Å². The van der Waals surface area contributed by atoms with Crippen molar-refractivity contribution in [1.29, 1.82) is 0 Å². The van der Waals surface area contributed by atoms with Crippen LogP contribution >= 0.6 is 0 Å². The molecule has 0 bridgehead atoms. The van der Waals surface area contributed by atoms with Gasteiger partial charge in [-0.2, -0.15) is 0 Å². The molecule has 14 heteroatoms. The molecule has 0 aromatic rings. The van der Waals surface area contributed by atoms with Crippen molar-refractivity contribution in [3.63, 3.8) is 0 Å². The largest absolute Gasteiger partial charge is 0.481 e. The third kappa shape index (κ3) is 12.9. The van der Waals surface area contributed by atoms with Crippen LogP contribution < -0.4 is 33.2 Å². The van der Waals surface area contributed by atoms with Crippen LogP contribution in [0.25, 0.3) is 0 Å². The predicted molar refractivity (Wildman–Crippen MR) is 119 cm³/mol. The summed E-state index contributed by atoms with van der Waals surface area (Å²) in [4.78, 5) is 63.1. The summed E-state index contributed by atoms with van der Waals surface area (Å²) in [6, 6.07) is -4.74. The molecule has 0 aliphatic rings. The average Bonchev–Trinajstić information content (AvgIpc) is 2.67. The number of carbonyl (C=O) groups excluding carboxylic acids is 3. The summed E-state index contributed by atoms with van der Waals surface area (Å²) in [6.07, 6.45) is -0.0460. The standard InChI is InChI=1S/C19H35N7O7/c1-9(2)7-13(26-16(30)11(20)8-14(27)28)17(31)24-10(3)15(29)25-12(18(32)33)5-4-6-23-19(21)22/h9-13H,4-8,20H2,1-3H3,(H,24,31)(H,25,29)(H,26,30)(H,27,28)(H,32,33)(H4,21,22,23). The zero-order valence-corrected chi connectivity index (χ0v) is 19.0. The first-order valence-corrected chi connectivity index (χ1v) is 10.4. The molecule has 0 saturated heterocycles. The minimum atomic E-state index is -1.35. The lowest BCUT2D eigenvalue weighted by Crippen LogP contribution is -2.56. The molecule has 0 heterocycles. The number of carbonyl (C=O) groups is 5. The van der Waals surface area contributed by atoms with Gasteiger partial charge in [-0.05, 0) is 32.1 Å². The first-order chi connectivity index (χ1) is 15.2. The summed E-state index contributed by atoms with van der Waals surface area (Å²) in [5, 5.41) is 25.2. The fourth-order valence-electron chi connectivity index (χ4n) is 2.70. The van der Waals surface area contributed by atoms with E-state index in [9.17, 15) is 29.1 Å². The zero-order valence-electron chi connectivity index (χ0n) is 19.0. The van der Waals surface area contributed by atoms with Gasteiger partial charge in [0.25, 0.3) is 0 Å². The van der Waals surface area contributed by atoms with Gasteiger partial charge in [-0.15, -0.1) is 0 Å². The van der Waals surface area contributed by atoms with Crippen molar-refractivity contribution in [2.24, 2.45) is 28.1 Å². The second-order valence-electron chi connectivity index (χ2n) is 7.97. The summed E-state index contributed by atoms with van der Waals surface area (Å²) < 4.78 is 0. The summed E-state index contributed by atoms with van der Waals surface area (Å²) in [5.41, 5.74) is 15.9. The number of hydrogen-bond donors (Lipinski definition) is 8. The molecule has 11 N–H and O–H groups in total. The van der Waals surface area contributed by atoms with E-state index < -0.39 is 60.2 Å². The van der Waals surface area contributed by atoms with E-state index in [0.29, 0.717) is 6.42 Å². The van der Waals surface area contributed by atoms with Gasteiger partial charge in [0.1, 0.15) is 18.1 Å². The number of nitrogens with two attached hydrogens (primary N) is 3. The molecule has 0 aromatic heterocycles. The van der Waals surface area contributed by atoms with Crippen LogP contribution in [0.3, 0.4) is 0 Å². The highest BCUT2D eigenvalue weighted by atomic mass is 16.4. The van der Waals surface area contributed by atoms with E-state index in [4.69, 9.17) is 22.3 Å². The van der Waals surface area contributed by atoms with Crippen molar-refractivity contribution in [1.82, 2.24) is 16.0 Å². The van der Waals surface area contributed by atoms with E-state index in [1.165, 1.54) is 6.92 Å². The van der Waals surface area contributed by atoms with Crippen molar-refractivity contribution >= 4 is 35.6 Å². The van der Waals surface area contributed by atoms with Gasteiger partial charge in [-0.1, -0.05) is 13.8 Å². The molecule has 4 atom stereocenters. The molecule has 0 aliphatic heterocycles. The highest BCUT2D eigenvalue weighted by Gasteiger charge is 2.29. The van der Waals surface area contributed by atoms with Gasteiger partial charge >= 0.3 is 11.9 Å². The number of hydrogen-bond acceptors (Lipinski definition) is 7. The summed E-state index contributed by atoms with van der Waals surface area (Å²) in [7, 11) is 0. The van der Waals surface area contributed by atoms with E-state index in [1.54, 1.807) is 13.8 Å². The third-order valence-electron chi connectivity index (χ3n) is 4.38. The minimum absolute atomic E-state index is 0.0255. The van der Waals surface area contributed by atoms with Crippen LogP contribution in [0.5, 0.6) is 0 Å². The molecule has 33 heavy (non-hydrogen) atoms. The Kier molecular flexibility index (Phi) is 13.1. The fraction of sp³-hybridized carbons (Fsp3) is 0.684. The van der Waals surface area contributed by atoms with Crippen LogP contribution in [0.15, 0.2) is 4.99 Å². The Morgan fingerprint density at radius 1 is 0.879 bits per heavy atom. The maximum absolute atomic E-state index is 12.7. The van der Waals surface area contributed by atoms with Crippen LogP contribution in [-0.2, 0) is 24.0 Å². The van der Waals surface area contributed by atoms with Gasteiger partial charge in [-0.3, -0.25) is 24.2 Å². The first kappa shape index (κ1) is 29.6. The Bertz CT molecular complexity index is 738. The van der Waals surface area contributed by atoms with Gasteiger partial charge in [0.2, 0.25) is 17.7 Å². The highest BCUT2D eigenvalue weighted by molar-refractivity contribution is 5.94. The predicted octanol–water partition coefficient (Wildman–Crippen LogP) is -2.55. The van der Waals surface area contributed by atoms with Crippen LogP contribution in [0, 0.1) is 5.92 Å². The monoisotopic (exact) mass is 473 g/mol. The summed E-state index contributed by atoms with van der Waals surface area (Å²) in [6.45, 7) is 5.16. The van der Waals surface area contributed by atoms with Crippen LogP contribution in [0.1, 0.15) is 46.5 Å². The second kappa shape index (κ2) is 14.6. The Morgan fingerprint density at radius 2 is 1.45 bits per heavy atom. The van der Waals surface area contributed by atoms with E-state index >= 15 is 0 Å².